The molecule has 2 N–H and O–H groups in total. The maximum absolute atomic E-state index is 5.58. The fourth-order valence-corrected chi connectivity index (χ4v) is 1.69. The van der Waals surface area contributed by atoms with Gasteiger partial charge in [0.1, 0.15) is 5.82 Å². The van der Waals surface area contributed by atoms with Gasteiger partial charge in [0, 0.05) is 18.3 Å². The molecule has 2 aromatic rings. The van der Waals surface area contributed by atoms with Crippen molar-refractivity contribution in [1.29, 1.82) is 0 Å². The van der Waals surface area contributed by atoms with Gasteiger partial charge in [-0.05, 0) is 24.5 Å². The quantitative estimate of drug-likeness (QED) is 0.878. The predicted octanol–water partition coefficient (Wildman–Crippen LogP) is 2.57. The number of pyridine rings is 1. The van der Waals surface area contributed by atoms with E-state index in [0.29, 0.717) is 11.7 Å². The third-order valence-electron chi connectivity index (χ3n) is 2.74. The highest BCUT2D eigenvalue weighted by molar-refractivity contribution is 5.59. The molecule has 0 fully saturated rings. The first kappa shape index (κ1) is 11.6. The van der Waals surface area contributed by atoms with Gasteiger partial charge in [-0.2, -0.15) is 0 Å². The Morgan fingerprint density at radius 3 is 2.76 bits per heavy atom. The first-order valence-corrected chi connectivity index (χ1v) is 5.89. The highest BCUT2D eigenvalue weighted by Crippen LogP contribution is 2.19. The Hall–Kier alpha value is -1.84. The molecule has 2 aromatic heterocycles. The molecule has 0 unspecified atom stereocenters. The van der Waals surface area contributed by atoms with Gasteiger partial charge < -0.3 is 10.3 Å². The number of hydrogen-bond donors (Lipinski definition) is 1. The lowest BCUT2D eigenvalue weighted by atomic mass is 10.1. The average molecular weight is 230 g/mol. The molecule has 0 aromatic carbocycles. The van der Waals surface area contributed by atoms with E-state index < -0.39 is 0 Å². The van der Waals surface area contributed by atoms with E-state index in [-0.39, 0.29) is 0 Å². The molecule has 0 atom stereocenters. The lowest BCUT2D eigenvalue weighted by Gasteiger charge is -2.09. The predicted molar refractivity (Wildman–Crippen MR) is 69.3 cm³/mol. The van der Waals surface area contributed by atoms with Crippen molar-refractivity contribution >= 4 is 5.82 Å². The van der Waals surface area contributed by atoms with Crippen molar-refractivity contribution in [2.24, 2.45) is 5.92 Å². The summed E-state index contributed by atoms with van der Waals surface area (Å²) in [5.74, 6) is 1.23. The third-order valence-corrected chi connectivity index (χ3v) is 2.74. The Bertz CT molecular complexity index is 470. The summed E-state index contributed by atoms with van der Waals surface area (Å²) in [5, 5.41) is 0. The second kappa shape index (κ2) is 4.99. The van der Waals surface area contributed by atoms with Crippen LogP contribution in [0.25, 0.3) is 11.3 Å². The number of aromatic nitrogens is 3. The zero-order valence-electron chi connectivity index (χ0n) is 10.3. The van der Waals surface area contributed by atoms with Gasteiger partial charge in [0.15, 0.2) is 0 Å². The van der Waals surface area contributed by atoms with Crippen LogP contribution in [0.1, 0.15) is 20.3 Å². The second-order valence-electron chi connectivity index (χ2n) is 4.63. The number of aryl methyl sites for hydroxylation is 1. The Morgan fingerprint density at radius 1 is 1.29 bits per heavy atom. The maximum Gasteiger partial charge on any atom is 0.123 e. The molecular weight excluding hydrogens is 212 g/mol. The Labute approximate surface area is 102 Å². The largest absolute Gasteiger partial charge is 0.384 e. The molecule has 17 heavy (non-hydrogen) atoms. The first-order chi connectivity index (χ1) is 8.16. The van der Waals surface area contributed by atoms with E-state index >= 15 is 0 Å². The number of rotatable bonds is 4. The third kappa shape index (κ3) is 2.84. The zero-order valence-corrected chi connectivity index (χ0v) is 10.3. The van der Waals surface area contributed by atoms with Gasteiger partial charge in [0.2, 0.25) is 0 Å². The molecule has 90 valence electrons. The second-order valence-corrected chi connectivity index (χ2v) is 4.63. The number of hydrogen-bond acceptors (Lipinski definition) is 3. The molecule has 0 spiro atoms. The molecule has 0 saturated carbocycles. The SMILES string of the molecule is CC(C)CCn1cncc1-c1ccc(N)nc1. The molecule has 4 nitrogen and oxygen atoms in total. The van der Waals surface area contributed by atoms with Gasteiger partial charge in [0.05, 0.1) is 18.2 Å². The molecule has 4 heteroatoms. The van der Waals surface area contributed by atoms with Crippen LogP contribution in [-0.4, -0.2) is 14.5 Å². The van der Waals surface area contributed by atoms with Crippen molar-refractivity contribution in [2.45, 2.75) is 26.8 Å². The van der Waals surface area contributed by atoms with Crippen LogP contribution < -0.4 is 5.73 Å². The van der Waals surface area contributed by atoms with Crippen molar-refractivity contribution < 1.29 is 0 Å². The highest BCUT2D eigenvalue weighted by Gasteiger charge is 2.05. The molecular formula is C13H18N4. The standard InChI is InChI=1S/C13H18N4/c1-10(2)5-6-17-9-15-8-12(17)11-3-4-13(14)16-7-11/h3-4,7-10H,5-6H2,1-2H3,(H2,14,16). The average Bonchev–Trinajstić information content (AvgIpc) is 2.75. The maximum atomic E-state index is 5.58. The van der Waals surface area contributed by atoms with E-state index in [4.69, 9.17) is 5.73 Å². The van der Waals surface area contributed by atoms with Gasteiger partial charge in [0.25, 0.3) is 0 Å². The smallest absolute Gasteiger partial charge is 0.123 e. The summed E-state index contributed by atoms with van der Waals surface area (Å²) in [7, 11) is 0. The lowest BCUT2D eigenvalue weighted by molar-refractivity contribution is 0.518. The van der Waals surface area contributed by atoms with Crippen LogP contribution >= 0.6 is 0 Å². The van der Waals surface area contributed by atoms with Crippen LogP contribution in [0.15, 0.2) is 30.9 Å². The molecule has 0 saturated heterocycles. The number of nitrogens with zero attached hydrogens (tertiary/aromatic N) is 3. The number of imidazole rings is 1. The monoisotopic (exact) mass is 230 g/mol. The van der Waals surface area contributed by atoms with Crippen LogP contribution in [0.4, 0.5) is 5.82 Å². The summed E-state index contributed by atoms with van der Waals surface area (Å²) in [6.45, 7) is 5.43. The normalized spacial score (nSPS) is 11.0. The first-order valence-electron chi connectivity index (χ1n) is 5.89. The topological polar surface area (TPSA) is 56.7 Å². The summed E-state index contributed by atoms with van der Waals surface area (Å²) in [4.78, 5) is 8.31. The summed E-state index contributed by atoms with van der Waals surface area (Å²) >= 11 is 0. The van der Waals surface area contributed by atoms with Gasteiger partial charge >= 0.3 is 0 Å². The van der Waals surface area contributed by atoms with Crippen LogP contribution in [0.3, 0.4) is 0 Å². The fraction of sp³-hybridized carbons (Fsp3) is 0.385. The molecule has 0 aliphatic rings. The summed E-state index contributed by atoms with van der Waals surface area (Å²) in [6, 6.07) is 3.79. The number of nitrogens with two attached hydrogens (primary N) is 1. The van der Waals surface area contributed by atoms with Crippen LogP contribution in [0.5, 0.6) is 0 Å². The van der Waals surface area contributed by atoms with Gasteiger partial charge in [-0.15, -0.1) is 0 Å². The highest BCUT2D eigenvalue weighted by atomic mass is 15.0. The minimum Gasteiger partial charge on any atom is -0.384 e. The Kier molecular flexibility index (Phi) is 3.42. The Balaban J connectivity index is 2.21. The molecule has 0 aliphatic heterocycles. The summed E-state index contributed by atoms with van der Waals surface area (Å²) in [5.41, 5.74) is 7.73. The summed E-state index contributed by atoms with van der Waals surface area (Å²) in [6.07, 6.45) is 6.67. The minimum absolute atomic E-state index is 0.544. The van der Waals surface area contributed by atoms with Crippen LogP contribution in [0.2, 0.25) is 0 Å². The van der Waals surface area contributed by atoms with Gasteiger partial charge in [-0.3, -0.25) is 0 Å². The number of nitrogen functional groups attached to an aromatic ring is 1. The summed E-state index contributed by atoms with van der Waals surface area (Å²) < 4.78 is 2.16. The van der Waals surface area contributed by atoms with Crippen molar-refractivity contribution in [3.63, 3.8) is 0 Å². The molecule has 0 amide bonds. The van der Waals surface area contributed by atoms with E-state index in [9.17, 15) is 0 Å². The van der Waals surface area contributed by atoms with Crippen molar-refractivity contribution in [3.05, 3.63) is 30.9 Å². The molecule has 2 heterocycles. The van der Waals surface area contributed by atoms with Crippen LogP contribution in [-0.2, 0) is 6.54 Å². The van der Waals surface area contributed by atoms with E-state index in [1.807, 2.05) is 24.7 Å². The lowest BCUT2D eigenvalue weighted by Crippen LogP contribution is -2.02. The Morgan fingerprint density at radius 2 is 2.12 bits per heavy atom. The molecule has 0 bridgehead atoms. The van der Waals surface area contributed by atoms with Crippen molar-refractivity contribution in [3.8, 4) is 11.3 Å². The van der Waals surface area contributed by atoms with E-state index in [1.54, 1.807) is 6.20 Å². The van der Waals surface area contributed by atoms with E-state index in [1.165, 1.54) is 0 Å². The van der Waals surface area contributed by atoms with Gasteiger partial charge in [-0.1, -0.05) is 13.8 Å². The molecule has 0 radical (unpaired) electrons. The minimum atomic E-state index is 0.544. The van der Waals surface area contributed by atoms with E-state index in [0.717, 1.165) is 24.2 Å². The van der Waals surface area contributed by atoms with Crippen molar-refractivity contribution in [1.82, 2.24) is 14.5 Å². The van der Waals surface area contributed by atoms with Gasteiger partial charge in [-0.25, -0.2) is 9.97 Å². The molecule has 0 aliphatic carbocycles. The zero-order chi connectivity index (χ0) is 12.3. The number of anilines is 1. The van der Waals surface area contributed by atoms with Crippen LogP contribution in [0, 0.1) is 5.92 Å². The molecule has 2 rings (SSSR count). The fourth-order valence-electron chi connectivity index (χ4n) is 1.69. The van der Waals surface area contributed by atoms with E-state index in [2.05, 4.69) is 28.4 Å². The van der Waals surface area contributed by atoms with Crippen molar-refractivity contribution in [2.75, 3.05) is 5.73 Å².